The van der Waals surface area contributed by atoms with Gasteiger partial charge in [0.2, 0.25) is 11.9 Å². The van der Waals surface area contributed by atoms with E-state index in [1.54, 1.807) is 0 Å². The average molecular weight is 256 g/mol. The molecule has 0 spiro atoms. The summed E-state index contributed by atoms with van der Waals surface area (Å²) in [6, 6.07) is 0. The molecule has 2 aliphatic rings. The van der Waals surface area contributed by atoms with Crippen LogP contribution in [0.2, 0.25) is 0 Å². The number of aromatic amines is 1. The fraction of sp³-hybridized carbons (Fsp3) is 0.833. The maximum Gasteiger partial charge on any atom is 0.249 e. The highest BCUT2D eigenvalue weighted by atomic mass is 19.3. The molecule has 1 atom stereocenters. The Labute approximate surface area is 105 Å². The van der Waals surface area contributed by atoms with E-state index in [2.05, 4.69) is 27.0 Å². The van der Waals surface area contributed by atoms with Crippen molar-refractivity contribution in [3.05, 3.63) is 5.82 Å². The van der Waals surface area contributed by atoms with E-state index in [1.165, 1.54) is 6.42 Å². The van der Waals surface area contributed by atoms with Crippen molar-refractivity contribution in [1.82, 2.24) is 15.2 Å². The highest BCUT2D eigenvalue weighted by Gasteiger charge is 2.47. The number of alkyl halides is 2. The zero-order valence-corrected chi connectivity index (χ0v) is 10.5. The molecule has 6 heteroatoms. The van der Waals surface area contributed by atoms with Crippen LogP contribution in [-0.2, 0) is 0 Å². The van der Waals surface area contributed by atoms with Crippen LogP contribution in [0.3, 0.4) is 0 Å². The van der Waals surface area contributed by atoms with Crippen LogP contribution in [0.15, 0.2) is 0 Å². The predicted octanol–water partition coefficient (Wildman–Crippen LogP) is 2.55. The van der Waals surface area contributed by atoms with Gasteiger partial charge in [0.1, 0.15) is 5.82 Å². The quantitative estimate of drug-likeness (QED) is 0.884. The van der Waals surface area contributed by atoms with Gasteiger partial charge in [-0.05, 0) is 18.8 Å². The second-order valence-electron chi connectivity index (χ2n) is 5.68. The molecule has 1 unspecified atom stereocenters. The summed E-state index contributed by atoms with van der Waals surface area (Å²) in [6.45, 7) is 4.13. The highest BCUT2D eigenvalue weighted by Crippen LogP contribution is 2.47. The molecule has 100 valence electrons. The summed E-state index contributed by atoms with van der Waals surface area (Å²) in [6.07, 6.45) is 2.19. The minimum Gasteiger partial charge on any atom is -0.339 e. The van der Waals surface area contributed by atoms with Gasteiger partial charge >= 0.3 is 0 Å². The van der Waals surface area contributed by atoms with E-state index in [9.17, 15) is 8.78 Å². The maximum absolute atomic E-state index is 12.8. The van der Waals surface area contributed by atoms with Gasteiger partial charge in [-0.3, -0.25) is 5.10 Å². The third-order valence-electron chi connectivity index (χ3n) is 3.91. The number of rotatable bonds is 2. The van der Waals surface area contributed by atoms with Crippen molar-refractivity contribution in [2.45, 2.75) is 44.4 Å². The van der Waals surface area contributed by atoms with Gasteiger partial charge in [-0.2, -0.15) is 4.98 Å². The number of H-pyrrole nitrogens is 1. The number of anilines is 1. The van der Waals surface area contributed by atoms with Crippen molar-refractivity contribution in [2.75, 3.05) is 18.0 Å². The molecule has 2 fully saturated rings. The number of halogens is 2. The first-order valence-corrected chi connectivity index (χ1v) is 6.58. The normalized spacial score (nSPS) is 28.2. The monoisotopic (exact) mass is 256 g/mol. The average Bonchev–Trinajstić information content (AvgIpc) is 2.74. The number of aromatic nitrogens is 3. The van der Waals surface area contributed by atoms with Crippen LogP contribution in [-0.4, -0.2) is 34.2 Å². The van der Waals surface area contributed by atoms with E-state index < -0.39 is 5.92 Å². The third kappa shape index (κ3) is 2.20. The number of nitrogens with zero attached hydrogens (tertiary/aromatic N) is 3. The van der Waals surface area contributed by atoms with E-state index >= 15 is 0 Å². The van der Waals surface area contributed by atoms with E-state index in [0.29, 0.717) is 17.7 Å². The summed E-state index contributed by atoms with van der Waals surface area (Å²) in [5.41, 5.74) is 0. The smallest absolute Gasteiger partial charge is 0.249 e. The van der Waals surface area contributed by atoms with Crippen molar-refractivity contribution >= 4 is 5.95 Å². The van der Waals surface area contributed by atoms with E-state index in [4.69, 9.17) is 0 Å². The molecular weight excluding hydrogens is 238 g/mol. The van der Waals surface area contributed by atoms with Crippen LogP contribution in [0.4, 0.5) is 14.7 Å². The highest BCUT2D eigenvalue weighted by molar-refractivity contribution is 5.30. The van der Waals surface area contributed by atoms with Crippen LogP contribution < -0.4 is 4.90 Å². The zero-order chi connectivity index (χ0) is 12.8. The molecule has 4 nitrogen and oxygen atoms in total. The second-order valence-corrected chi connectivity index (χ2v) is 5.68. The van der Waals surface area contributed by atoms with Crippen molar-refractivity contribution in [1.29, 1.82) is 0 Å². The Morgan fingerprint density at radius 3 is 2.83 bits per heavy atom. The van der Waals surface area contributed by atoms with Gasteiger partial charge in [-0.25, -0.2) is 8.78 Å². The Morgan fingerprint density at radius 1 is 1.39 bits per heavy atom. The topological polar surface area (TPSA) is 44.8 Å². The Morgan fingerprint density at radius 2 is 2.17 bits per heavy atom. The van der Waals surface area contributed by atoms with Crippen molar-refractivity contribution < 1.29 is 8.78 Å². The Balaban J connectivity index is 1.66. The third-order valence-corrected chi connectivity index (χ3v) is 3.91. The number of hydrogen-bond donors (Lipinski definition) is 1. The molecule has 1 N–H and O–H groups in total. The number of nitrogens with one attached hydrogen (secondary N) is 1. The maximum atomic E-state index is 12.8. The molecule has 0 radical (unpaired) electrons. The molecule has 2 heterocycles. The zero-order valence-electron chi connectivity index (χ0n) is 10.5. The van der Waals surface area contributed by atoms with Gasteiger partial charge in [0, 0.05) is 31.8 Å². The largest absolute Gasteiger partial charge is 0.339 e. The molecule has 0 aromatic carbocycles. The predicted molar refractivity (Wildman–Crippen MR) is 63.9 cm³/mol. The summed E-state index contributed by atoms with van der Waals surface area (Å²) < 4.78 is 25.6. The van der Waals surface area contributed by atoms with Crippen LogP contribution in [0.1, 0.15) is 44.3 Å². The molecule has 1 aliphatic heterocycles. The van der Waals surface area contributed by atoms with Crippen LogP contribution >= 0.6 is 0 Å². The standard InChI is InChI=1S/C12H18F2N4/c1-8-3-2-4-18(7-8)11-15-10(16-17-11)9-5-12(13,14)6-9/h8-9H,2-7H2,1H3,(H,15,16,17). The molecule has 1 aromatic heterocycles. The lowest BCUT2D eigenvalue weighted by Crippen LogP contribution is -2.35. The molecular formula is C12H18F2N4. The molecule has 3 rings (SSSR count). The number of hydrogen-bond acceptors (Lipinski definition) is 3. The summed E-state index contributed by atoms with van der Waals surface area (Å²) in [5.74, 6) is -0.713. The van der Waals surface area contributed by atoms with Crippen LogP contribution in [0.5, 0.6) is 0 Å². The summed E-state index contributed by atoms with van der Waals surface area (Å²) in [5, 5.41) is 6.99. The minimum atomic E-state index is -2.50. The van der Waals surface area contributed by atoms with Crippen LogP contribution in [0.25, 0.3) is 0 Å². The van der Waals surface area contributed by atoms with Gasteiger partial charge in [-0.15, -0.1) is 5.10 Å². The summed E-state index contributed by atoms with van der Waals surface area (Å²) >= 11 is 0. The van der Waals surface area contributed by atoms with Crippen molar-refractivity contribution in [3.63, 3.8) is 0 Å². The first kappa shape index (κ1) is 11.9. The van der Waals surface area contributed by atoms with Gasteiger partial charge < -0.3 is 4.90 Å². The Kier molecular flexibility index (Phi) is 2.75. The molecule has 0 amide bonds. The SMILES string of the molecule is CC1CCCN(c2n[nH]c(C3CC(F)(F)C3)n2)C1. The Bertz CT molecular complexity index is 423. The van der Waals surface area contributed by atoms with Crippen molar-refractivity contribution in [2.24, 2.45) is 5.92 Å². The lowest BCUT2D eigenvalue weighted by Gasteiger charge is -2.33. The number of piperidine rings is 1. The second kappa shape index (κ2) is 4.17. The van der Waals surface area contributed by atoms with Gasteiger partial charge in [0.15, 0.2) is 0 Å². The summed E-state index contributed by atoms with van der Waals surface area (Å²) in [7, 11) is 0. The first-order valence-electron chi connectivity index (χ1n) is 6.58. The fourth-order valence-corrected chi connectivity index (χ4v) is 2.81. The lowest BCUT2D eigenvalue weighted by atomic mass is 9.81. The molecule has 0 bridgehead atoms. The molecule has 1 aliphatic carbocycles. The van der Waals surface area contributed by atoms with E-state index in [0.717, 1.165) is 19.5 Å². The fourth-order valence-electron chi connectivity index (χ4n) is 2.81. The molecule has 1 saturated carbocycles. The molecule has 1 aromatic rings. The van der Waals surface area contributed by atoms with E-state index in [1.807, 2.05) is 0 Å². The van der Waals surface area contributed by atoms with Crippen LogP contribution in [0, 0.1) is 5.92 Å². The van der Waals surface area contributed by atoms with E-state index in [-0.39, 0.29) is 18.8 Å². The van der Waals surface area contributed by atoms with Crippen molar-refractivity contribution in [3.8, 4) is 0 Å². The Hall–Kier alpha value is -1.20. The van der Waals surface area contributed by atoms with Gasteiger partial charge in [0.05, 0.1) is 0 Å². The lowest BCUT2D eigenvalue weighted by molar-refractivity contribution is -0.0884. The first-order chi connectivity index (χ1) is 8.53. The van der Waals surface area contributed by atoms with Gasteiger partial charge in [0.25, 0.3) is 0 Å². The van der Waals surface area contributed by atoms with Gasteiger partial charge in [-0.1, -0.05) is 6.92 Å². The summed E-state index contributed by atoms with van der Waals surface area (Å²) in [4.78, 5) is 6.53. The minimum absolute atomic E-state index is 0.0992. The molecule has 1 saturated heterocycles. The molecule has 18 heavy (non-hydrogen) atoms.